The third-order valence-corrected chi connectivity index (χ3v) is 4.36. The van der Waals surface area contributed by atoms with Crippen LogP contribution in [0, 0.1) is 0 Å². The van der Waals surface area contributed by atoms with Crippen LogP contribution in [0.15, 0.2) is 72.8 Å². The summed E-state index contributed by atoms with van der Waals surface area (Å²) in [6.45, 7) is -0.164. The van der Waals surface area contributed by atoms with Crippen molar-refractivity contribution in [2.24, 2.45) is 0 Å². The lowest BCUT2D eigenvalue weighted by Gasteiger charge is -2.12. The van der Waals surface area contributed by atoms with Crippen molar-refractivity contribution >= 4 is 34.8 Å². The monoisotopic (exact) mass is 371 g/mol. The van der Waals surface area contributed by atoms with Crippen LogP contribution in [0.4, 0.5) is 5.69 Å². The smallest absolute Gasteiger partial charge is 0.262 e. The van der Waals surface area contributed by atoms with Crippen LogP contribution in [0.25, 0.3) is 11.1 Å². The van der Waals surface area contributed by atoms with E-state index in [0.29, 0.717) is 15.8 Å². The summed E-state index contributed by atoms with van der Waals surface area (Å²) in [6, 6.07) is 22.5. The Hall–Kier alpha value is -2.49. The van der Waals surface area contributed by atoms with Gasteiger partial charge in [0.2, 0.25) is 0 Å². The minimum absolute atomic E-state index is 0.164. The normalized spacial score (nSPS) is 10.3. The summed E-state index contributed by atoms with van der Waals surface area (Å²) in [6.07, 6.45) is 0. The number of hydrogen-bond acceptors (Lipinski definition) is 2. The Bertz CT molecular complexity index is 882. The second kappa shape index (κ2) is 8.06. The van der Waals surface area contributed by atoms with Crippen LogP contribution in [0.3, 0.4) is 0 Å². The number of hydrogen-bond donors (Lipinski definition) is 1. The predicted octanol–water partition coefficient (Wildman–Crippen LogP) is 5.68. The van der Waals surface area contributed by atoms with E-state index >= 15 is 0 Å². The number of nitrogens with one attached hydrogen (secondary N) is 1. The summed E-state index contributed by atoms with van der Waals surface area (Å²) >= 11 is 12.0. The standard InChI is InChI=1S/C20H15Cl2NO2/c21-16-10-6-12-18(20(16)22)25-13-19(24)23-17-11-5-4-9-15(17)14-7-2-1-3-8-14/h1-12H,13H2,(H,23,24). The van der Waals surface area contributed by atoms with E-state index in [1.807, 2.05) is 54.6 Å². The molecule has 3 nitrogen and oxygen atoms in total. The van der Waals surface area contributed by atoms with Crippen LogP contribution < -0.4 is 10.1 Å². The fourth-order valence-electron chi connectivity index (χ4n) is 2.39. The van der Waals surface area contributed by atoms with Crippen molar-refractivity contribution in [1.82, 2.24) is 0 Å². The van der Waals surface area contributed by atoms with Crippen LogP contribution in [-0.2, 0) is 4.79 Å². The molecule has 0 radical (unpaired) electrons. The van der Waals surface area contributed by atoms with Crippen LogP contribution in [0.1, 0.15) is 0 Å². The molecule has 1 N–H and O–H groups in total. The largest absolute Gasteiger partial charge is 0.482 e. The quantitative estimate of drug-likeness (QED) is 0.626. The molecule has 0 aliphatic carbocycles. The molecule has 3 aromatic carbocycles. The molecular weight excluding hydrogens is 357 g/mol. The molecule has 0 atom stereocenters. The summed E-state index contributed by atoms with van der Waals surface area (Å²) < 4.78 is 5.47. The van der Waals surface area contributed by atoms with Gasteiger partial charge in [0.25, 0.3) is 5.91 Å². The zero-order chi connectivity index (χ0) is 17.6. The first-order valence-corrected chi connectivity index (χ1v) is 8.42. The fraction of sp³-hybridized carbons (Fsp3) is 0.0500. The van der Waals surface area contributed by atoms with E-state index in [0.717, 1.165) is 16.8 Å². The van der Waals surface area contributed by atoms with Gasteiger partial charge in [-0.1, -0.05) is 77.8 Å². The molecule has 0 aliphatic heterocycles. The highest BCUT2D eigenvalue weighted by atomic mass is 35.5. The number of ether oxygens (including phenoxy) is 1. The van der Waals surface area contributed by atoms with Gasteiger partial charge >= 0.3 is 0 Å². The molecule has 0 saturated carbocycles. The van der Waals surface area contributed by atoms with Crippen LogP contribution in [0.2, 0.25) is 10.0 Å². The zero-order valence-corrected chi connectivity index (χ0v) is 14.7. The molecule has 0 unspecified atom stereocenters. The van der Waals surface area contributed by atoms with Crippen LogP contribution in [-0.4, -0.2) is 12.5 Å². The average Bonchev–Trinajstić information content (AvgIpc) is 2.64. The third-order valence-electron chi connectivity index (χ3n) is 3.56. The number of benzene rings is 3. The van der Waals surface area contributed by atoms with Crippen molar-refractivity contribution in [2.75, 3.05) is 11.9 Å². The van der Waals surface area contributed by atoms with Gasteiger partial charge in [-0.15, -0.1) is 0 Å². The van der Waals surface area contributed by atoms with Crippen molar-refractivity contribution < 1.29 is 9.53 Å². The summed E-state index contributed by atoms with van der Waals surface area (Å²) in [4.78, 5) is 12.3. The Morgan fingerprint density at radius 1 is 0.880 bits per heavy atom. The Morgan fingerprint density at radius 3 is 2.40 bits per heavy atom. The van der Waals surface area contributed by atoms with Gasteiger partial charge in [0.05, 0.1) is 5.02 Å². The van der Waals surface area contributed by atoms with E-state index in [1.165, 1.54) is 0 Å². The lowest BCUT2D eigenvalue weighted by molar-refractivity contribution is -0.118. The van der Waals surface area contributed by atoms with E-state index in [9.17, 15) is 4.79 Å². The Kier molecular flexibility index (Phi) is 5.59. The summed E-state index contributed by atoms with van der Waals surface area (Å²) in [5.74, 6) is 0.0973. The minimum atomic E-state index is -0.278. The molecule has 0 aliphatic rings. The van der Waals surface area contributed by atoms with Crippen molar-refractivity contribution in [3.8, 4) is 16.9 Å². The predicted molar refractivity (Wildman–Crippen MR) is 102 cm³/mol. The van der Waals surface area contributed by atoms with Crippen molar-refractivity contribution in [2.45, 2.75) is 0 Å². The maximum absolute atomic E-state index is 12.3. The molecule has 5 heteroatoms. The maximum atomic E-state index is 12.3. The van der Waals surface area contributed by atoms with E-state index in [1.54, 1.807) is 18.2 Å². The average molecular weight is 372 g/mol. The number of rotatable bonds is 5. The van der Waals surface area contributed by atoms with Gasteiger partial charge < -0.3 is 10.1 Å². The topological polar surface area (TPSA) is 38.3 Å². The van der Waals surface area contributed by atoms with Gasteiger partial charge in [-0.25, -0.2) is 0 Å². The summed E-state index contributed by atoms with van der Waals surface area (Å²) in [5.41, 5.74) is 2.69. The van der Waals surface area contributed by atoms with Crippen molar-refractivity contribution in [3.05, 3.63) is 82.8 Å². The number of carbonyl (C=O) groups excluding carboxylic acids is 1. The lowest BCUT2D eigenvalue weighted by atomic mass is 10.0. The molecule has 0 spiro atoms. The molecule has 1 amide bonds. The van der Waals surface area contributed by atoms with Gasteiger partial charge in [0, 0.05) is 11.3 Å². The van der Waals surface area contributed by atoms with Gasteiger partial charge in [-0.3, -0.25) is 4.79 Å². The highest BCUT2D eigenvalue weighted by Gasteiger charge is 2.11. The minimum Gasteiger partial charge on any atom is -0.482 e. The Morgan fingerprint density at radius 2 is 1.60 bits per heavy atom. The molecule has 25 heavy (non-hydrogen) atoms. The molecule has 0 saturated heterocycles. The molecular formula is C20H15Cl2NO2. The van der Waals surface area contributed by atoms with Crippen LogP contribution >= 0.6 is 23.2 Å². The van der Waals surface area contributed by atoms with E-state index in [-0.39, 0.29) is 12.5 Å². The first-order valence-electron chi connectivity index (χ1n) is 7.66. The van der Waals surface area contributed by atoms with E-state index in [4.69, 9.17) is 27.9 Å². The molecule has 126 valence electrons. The summed E-state index contributed by atoms with van der Waals surface area (Å²) in [7, 11) is 0. The molecule has 0 bridgehead atoms. The van der Waals surface area contributed by atoms with Gasteiger partial charge in [-0.2, -0.15) is 0 Å². The molecule has 0 heterocycles. The molecule has 3 aromatic rings. The second-order valence-electron chi connectivity index (χ2n) is 5.30. The van der Waals surface area contributed by atoms with E-state index in [2.05, 4.69) is 5.32 Å². The summed E-state index contributed by atoms with van der Waals surface area (Å²) in [5, 5.41) is 3.55. The third kappa shape index (κ3) is 4.32. The number of carbonyl (C=O) groups is 1. The SMILES string of the molecule is O=C(COc1cccc(Cl)c1Cl)Nc1ccccc1-c1ccccc1. The first kappa shape index (κ1) is 17.3. The number of anilines is 1. The maximum Gasteiger partial charge on any atom is 0.262 e. The van der Waals surface area contributed by atoms with Gasteiger partial charge in [-0.05, 0) is 23.8 Å². The lowest BCUT2D eigenvalue weighted by Crippen LogP contribution is -2.20. The highest BCUT2D eigenvalue weighted by Crippen LogP contribution is 2.31. The number of amides is 1. The Balaban J connectivity index is 1.71. The van der Waals surface area contributed by atoms with Gasteiger partial charge in [0.15, 0.2) is 6.61 Å². The zero-order valence-electron chi connectivity index (χ0n) is 13.2. The number of para-hydroxylation sites is 1. The van der Waals surface area contributed by atoms with Gasteiger partial charge in [0.1, 0.15) is 10.8 Å². The molecule has 0 fully saturated rings. The highest BCUT2D eigenvalue weighted by molar-refractivity contribution is 6.42. The first-order chi connectivity index (χ1) is 12.1. The number of halogens is 2. The van der Waals surface area contributed by atoms with Crippen molar-refractivity contribution in [1.29, 1.82) is 0 Å². The second-order valence-corrected chi connectivity index (χ2v) is 6.09. The van der Waals surface area contributed by atoms with E-state index < -0.39 is 0 Å². The molecule has 3 rings (SSSR count). The molecule has 0 aromatic heterocycles. The Labute approximate surface area is 156 Å². The van der Waals surface area contributed by atoms with Crippen molar-refractivity contribution in [3.63, 3.8) is 0 Å². The van der Waals surface area contributed by atoms with Crippen LogP contribution in [0.5, 0.6) is 5.75 Å². The fourth-order valence-corrected chi connectivity index (χ4v) is 2.73.